The van der Waals surface area contributed by atoms with Gasteiger partial charge in [-0.2, -0.15) is 0 Å². The van der Waals surface area contributed by atoms with E-state index in [0.29, 0.717) is 21.3 Å². The van der Waals surface area contributed by atoms with E-state index < -0.39 is 11.6 Å². The van der Waals surface area contributed by atoms with Crippen LogP contribution in [0.2, 0.25) is 10.0 Å². The number of aromatic carboxylic acids is 1. The molecule has 1 fully saturated rings. The minimum atomic E-state index is -0.879. The number of amides is 1. The second-order valence-electron chi connectivity index (χ2n) is 13.7. The summed E-state index contributed by atoms with van der Waals surface area (Å²) in [4.78, 5) is 33.7. The first-order valence-corrected chi connectivity index (χ1v) is 15.2. The zero-order chi connectivity index (χ0) is 30.6. The lowest BCUT2D eigenvalue weighted by atomic mass is 9.87. The first-order valence-electron chi connectivity index (χ1n) is 14.4. The Bertz CT molecular complexity index is 1220. The van der Waals surface area contributed by atoms with Crippen LogP contribution in [0.3, 0.4) is 0 Å². The maximum Gasteiger partial charge on any atom is 0.335 e. The van der Waals surface area contributed by atoms with Crippen LogP contribution in [-0.4, -0.2) is 63.8 Å². The SMILES string of the molecule is CC(CCC(C)(C)C)N1C(=O)C(c2cc(Cl)cc(Cl)c2)=NC12CCN(CC(C)(C)C)CC2.O=C(O)c1ccccc1. The lowest BCUT2D eigenvalue weighted by molar-refractivity contribution is -0.133. The summed E-state index contributed by atoms with van der Waals surface area (Å²) < 4.78 is 0. The summed E-state index contributed by atoms with van der Waals surface area (Å²) in [7, 11) is 0. The Hall–Kier alpha value is -2.41. The molecule has 2 heterocycles. The first kappa shape index (κ1) is 33.1. The molecule has 0 aromatic heterocycles. The number of rotatable bonds is 6. The summed E-state index contributed by atoms with van der Waals surface area (Å²) in [5, 5.41) is 9.43. The van der Waals surface area contributed by atoms with Crippen LogP contribution in [0, 0.1) is 10.8 Å². The van der Waals surface area contributed by atoms with Crippen molar-refractivity contribution in [1.82, 2.24) is 9.80 Å². The number of piperidine rings is 1. The van der Waals surface area contributed by atoms with Crippen LogP contribution < -0.4 is 0 Å². The van der Waals surface area contributed by atoms with Gasteiger partial charge >= 0.3 is 5.97 Å². The van der Waals surface area contributed by atoms with Crippen molar-refractivity contribution in [2.75, 3.05) is 19.6 Å². The average Bonchev–Trinajstić information content (AvgIpc) is 3.15. The van der Waals surface area contributed by atoms with Crippen molar-refractivity contribution in [3.8, 4) is 0 Å². The van der Waals surface area contributed by atoms with Crippen LogP contribution in [0.4, 0.5) is 0 Å². The third kappa shape index (κ3) is 9.29. The number of carbonyl (C=O) groups excluding carboxylic acids is 1. The summed E-state index contributed by atoms with van der Waals surface area (Å²) in [6, 6.07) is 13.7. The molecular weight excluding hydrogens is 557 g/mol. The van der Waals surface area contributed by atoms with Crippen molar-refractivity contribution in [2.24, 2.45) is 15.8 Å². The van der Waals surface area contributed by atoms with Gasteiger partial charge in [0.2, 0.25) is 0 Å². The number of hydrogen-bond acceptors (Lipinski definition) is 4. The monoisotopic (exact) mass is 601 g/mol. The molecule has 6 nitrogen and oxygen atoms in total. The number of halogens is 2. The lowest BCUT2D eigenvalue weighted by Gasteiger charge is -2.46. The number of likely N-dealkylation sites (tertiary alicyclic amines) is 1. The lowest BCUT2D eigenvalue weighted by Crippen LogP contribution is -2.57. The van der Waals surface area contributed by atoms with Crippen LogP contribution in [0.25, 0.3) is 0 Å². The number of carboxylic acid groups (broad SMARTS) is 1. The fourth-order valence-electron chi connectivity index (χ4n) is 5.55. The van der Waals surface area contributed by atoms with Crippen LogP contribution in [0.5, 0.6) is 0 Å². The smallest absolute Gasteiger partial charge is 0.335 e. The van der Waals surface area contributed by atoms with Crippen molar-refractivity contribution in [3.63, 3.8) is 0 Å². The molecule has 224 valence electrons. The molecule has 4 rings (SSSR count). The van der Waals surface area contributed by atoms with Crippen molar-refractivity contribution < 1.29 is 14.7 Å². The Morgan fingerprint density at radius 1 is 0.976 bits per heavy atom. The minimum absolute atomic E-state index is 0.00835. The molecule has 2 aromatic carbocycles. The van der Waals surface area contributed by atoms with E-state index in [2.05, 4.69) is 58.3 Å². The highest BCUT2D eigenvalue weighted by atomic mass is 35.5. The van der Waals surface area contributed by atoms with E-state index in [9.17, 15) is 9.59 Å². The molecule has 1 unspecified atom stereocenters. The van der Waals surface area contributed by atoms with E-state index in [1.165, 1.54) is 0 Å². The predicted octanol–water partition coefficient (Wildman–Crippen LogP) is 8.06. The van der Waals surface area contributed by atoms with Crippen LogP contribution in [0.15, 0.2) is 53.5 Å². The van der Waals surface area contributed by atoms with E-state index >= 15 is 0 Å². The largest absolute Gasteiger partial charge is 0.478 e. The highest BCUT2D eigenvalue weighted by Gasteiger charge is 2.50. The first-order chi connectivity index (χ1) is 19.0. The van der Waals surface area contributed by atoms with Gasteiger partial charge < -0.3 is 14.9 Å². The van der Waals surface area contributed by atoms with Gasteiger partial charge in [0.05, 0.1) is 5.56 Å². The maximum absolute atomic E-state index is 13.8. The Morgan fingerprint density at radius 3 is 2.00 bits per heavy atom. The molecule has 1 amide bonds. The molecule has 0 aliphatic carbocycles. The van der Waals surface area contributed by atoms with Gasteiger partial charge in [0, 0.05) is 54.1 Å². The number of carbonyl (C=O) groups is 2. The quantitative estimate of drug-likeness (QED) is 0.363. The third-order valence-electron chi connectivity index (χ3n) is 7.45. The highest BCUT2D eigenvalue weighted by Crippen LogP contribution is 2.40. The maximum atomic E-state index is 13.8. The van der Waals surface area contributed by atoms with E-state index in [0.717, 1.165) is 50.9 Å². The standard InChI is InChI=1S/C26H39Cl2N3O.C7H6O2/c1-18(8-9-24(2,3)4)31-23(32)22(19-14-20(27)16-21(28)15-19)29-26(31)10-12-30(13-11-26)17-25(5,6)7;8-7(9)6-4-2-1-3-5-6/h14-16,18H,8-13,17H2,1-7H3;1-5H,(H,8,9). The highest BCUT2D eigenvalue weighted by molar-refractivity contribution is 6.47. The molecule has 0 bridgehead atoms. The summed E-state index contributed by atoms with van der Waals surface area (Å²) in [6.45, 7) is 18.7. The fraction of sp³-hybridized carbons (Fsp3) is 0.545. The molecule has 1 spiro atoms. The van der Waals surface area contributed by atoms with Gasteiger partial charge in [0.1, 0.15) is 11.4 Å². The van der Waals surface area contributed by atoms with Gasteiger partial charge in [0.25, 0.3) is 5.91 Å². The van der Waals surface area contributed by atoms with Gasteiger partial charge in [0.15, 0.2) is 0 Å². The van der Waals surface area contributed by atoms with Crippen molar-refractivity contribution in [2.45, 2.75) is 85.9 Å². The second kappa shape index (κ2) is 13.3. The van der Waals surface area contributed by atoms with Gasteiger partial charge in [-0.05, 0) is 60.9 Å². The minimum Gasteiger partial charge on any atom is -0.478 e. The van der Waals surface area contributed by atoms with Gasteiger partial charge in [-0.1, -0.05) is 82.9 Å². The molecule has 8 heteroatoms. The van der Waals surface area contributed by atoms with E-state index in [1.54, 1.807) is 48.5 Å². The number of aliphatic imine (C=N–C) groups is 1. The van der Waals surface area contributed by atoms with Crippen molar-refractivity contribution in [1.29, 1.82) is 0 Å². The van der Waals surface area contributed by atoms with Crippen LogP contribution in [-0.2, 0) is 4.79 Å². The molecule has 2 aliphatic rings. The molecular formula is C33H45Cl2N3O3. The number of nitrogens with zero attached hydrogens (tertiary/aromatic N) is 3. The second-order valence-corrected chi connectivity index (χ2v) is 14.6. The Kier molecular flexibility index (Phi) is 10.7. The topological polar surface area (TPSA) is 73.2 Å². The summed E-state index contributed by atoms with van der Waals surface area (Å²) in [5.74, 6) is -0.871. The van der Waals surface area contributed by atoms with Gasteiger partial charge in [-0.25, -0.2) is 4.79 Å². The number of benzene rings is 2. The third-order valence-corrected chi connectivity index (χ3v) is 7.89. The summed E-state index contributed by atoms with van der Waals surface area (Å²) in [6.07, 6.45) is 3.73. The average molecular weight is 603 g/mol. The van der Waals surface area contributed by atoms with E-state index in [-0.39, 0.29) is 22.8 Å². The van der Waals surface area contributed by atoms with E-state index in [1.807, 2.05) is 0 Å². The predicted molar refractivity (Wildman–Crippen MR) is 169 cm³/mol. The Labute approximate surface area is 255 Å². The molecule has 1 saturated heterocycles. The van der Waals surface area contributed by atoms with Crippen LogP contribution in [0.1, 0.15) is 90.1 Å². The summed E-state index contributed by atoms with van der Waals surface area (Å²) in [5.41, 5.74) is 1.55. The zero-order valence-electron chi connectivity index (χ0n) is 25.5. The van der Waals surface area contributed by atoms with Crippen molar-refractivity contribution >= 4 is 40.8 Å². The molecule has 0 saturated carbocycles. The van der Waals surface area contributed by atoms with Gasteiger partial charge in [-0.3, -0.25) is 9.79 Å². The summed E-state index contributed by atoms with van der Waals surface area (Å²) >= 11 is 12.5. The molecule has 0 radical (unpaired) electrons. The number of carboxylic acids is 1. The van der Waals surface area contributed by atoms with E-state index in [4.69, 9.17) is 33.3 Å². The molecule has 2 aromatic rings. The molecule has 2 aliphatic heterocycles. The molecule has 41 heavy (non-hydrogen) atoms. The zero-order valence-corrected chi connectivity index (χ0v) is 27.0. The normalized spacial score (nSPS) is 18.1. The molecule has 1 N–H and O–H groups in total. The van der Waals surface area contributed by atoms with Crippen LogP contribution >= 0.6 is 23.2 Å². The fourth-order valence-corrected chi connectivity index (χ4v) is 6.07. The van der Waals surface area contributed by atoms with Gasteiger partial charge in [-0.15, -0.1) is 0 Å². The number of hydrogen-bond donors (Lipinski definition) is 1. The Morgan fingerprint density at radius 2 is 1.54 bits per heavy atom. The Balaban J connectivity index is 0.000000436. The molecule has 1 atom stereocenters. The van der Waals surface area contributed by atoms with Crippen molar-refractivity contribution in [3.05, 3.63) is 69.7 Å².